The molecule has 110 valence electrons. The molecular weight excluding hydrogens is 288 g/mol. The maximum atomic E-state index is 12.4. The van der Waals surface area contributed by atoms with E-state index in [0.717, 1.165) is 22.0 Å². The number of aromatic nitrogens is 1. The Hall–Kier alpha value is -1.94. The van der Waals surface area contributed by atoms with Crippen LogP contribution in [0.1, 0.15) is 24.4 Å². The lowest BCUT2D eigenvalue weighted by molar-refractivity contribution is 0.0743. The molecule has 0 unspecified atom stereocenters. The zero-order valence-corrected chi connectivity index (χ0v) is 13.1. The molecule has 3 rings (SSSR count). The van der Waals surface area contributed by atoms with Crippen molar-refractivity contribution in [3.63, 3.8) is 0 Å². The molecule has 2 aromatic heterocycles. The Labute approximate surface area is 127 Å². The Kier molecular flexibility index (Phi) is 3.41. The summed E-state index contributed by atoms with van der Waals surface area (Å²) in [5, 5.41) is 1.65. The van der Waals surface area contributed by atoms with Crippen LogP contribution in [-0.4, -0.2) is 28.5 Å². The van der Waals surface area contributed by atoms with Crippen molar-refractivity contribution in [2.75, 3.05) is 13.1 Å². The fourth-order valence-electron chi connectivity index (χ4n) is 2.70. The minimum absolute atomic E-state index is 0.0710. The van der Waals surface area contributed by atoms with Crippen LogP contribution >= 0.6 is 11.6 Å². The summed E-state index contributed by atoms with van der Waals surface area (Å²) in [4.78, 5) is 14.1. The first kappa shape index (κ1) is 14.0. The van der Waals surface area contributed by atoms with E-state index in [0.29, 0.717) is 23.9 Å². The number of aryl methyl sites for hydroxylation is 1. The molecule has 0 saturated carbocycles. The van der Waals surface area contributed by atoms with Gasteiger partial charge in [0.2, 0.25) is 0 Å². The number of carbonyl (C=O) groups excluding carboxylic acids is 1. The highest BCUT2D eigenvalue weighted by atomic mass is 35.5. The average molecular weight is 305 g/mol. The summed E-state index contributed by atoms with van der Waals surface area (Å²) in [7, 11) is 1.95. The molecule has 3 aromatic rings. The van der Waals surface area contributed by atoms with Crippen LogP contribution in [0.3, 0.4) is 0 Å². The van der Waals surface area contributed by atoms with Gasteiger partial charge in [-0.2, -0.15) is 0 Å². The van der Waals surface area contributed by atoms with Crippen LogP contribution < -0.4 is 0 Å². The molecule has 0 spiro atoms. The number of carbonyl (C=O) groups is 1. The van der Waals surface area contributed by atoms with Gasteiger partial charge in [0.1, 0.15) is 0 Å². The standard InChI is InChI=1S/C16H17ClN2O2/c1-4-19(5-2)16(20)14-9-13-15(21-14)11-7-6-10(17)8-12(11)18(13)3/h6-9H,4-5H2,1-3H3. The zero-order valence-electron chi connectivity index (χ0n) is 12.3. The minimum atomic E-state index is -0.0710. The summed E-state index contributed by atoms with van der Waals surface area (Å²) in [5.74, 6) is 0.314. The first-order chi connectivity index (χ1) is 10.1. The fourth-order valence-corrected chi connectivity index (χ4v) is 2.87. The van der Waals surface area contributed by atoms with Gasteiger partial charge in [0.25, 0.3) is 5.91 Å². The number of hydrogen-bond acceptors (Lipinski definition) is 2. The van der Waals surface area contributed by atoms with Crippen LogP contribution in [0.2, 0.25) is 5.02 Å². The van der Waals surface area contributed by atoms with E-state index in [9.17, 15) is 4.79 Å². The molecule has 0 saturated heterocycles. The molecule has 0 aliphatic carbocycles. The lowest BCUT2D eigenvalue weighted by Gasteiger charge is -2.16. The third-order valence-electron chi connectivity index (χ3n) is 3.90. The van der Waals surface area contributed by atoms with Crippen molar-refractivity contribution in [1.29, 1.82) is 0 Å². The summed E-state index contributed by atoms with van der Waals surface area (Å²) in [6.45, 7) is 5.26. The average Bonchev–Trinajstić information content (AvgIpc) is 3.01. The molecule has 0 aliphatic heterocycles. The predicted molar refractivity (Wildman–Crippen MR) is 85.0 cm³/mol. The smallest absolute Gasteiger partial charge is 0.289 e. The molecule has 1 aromatic carbocycles. The highest BCUT2D eigenvalue weighted by Gasteiger charge is 2.21. The van der Waals surface area contributed by atoms with Crippen LogP contribution in [0.25, 0.3) is 22.0 Å². The Morgan fingerprint density at radius 1 is 1.24 bits per heavy atom. The summed E-state index contributed by atoms with van der Waals surface area (Å²) in [6.07, 6.45) is 0. The monoisotopic (exact) mass is 304 g/mol. The number of fused-ring (bicyclic) bond motifs is 3. The maximum Gasteiger partial charge on any atom is 0.289 e. The molecule has 0 bridgehead atoms. The molecule has 1 amide bonds. The molecular formula is C16H17ClN2O2. The molecule has 0 radical (unpaired) electrons. The quantitative estimate of drug-likeness (QED) is 0.732. The van der Waals surface area contributed by atoms with Crippen molar-refractivity contribution < 1.29 is 9.21 Å². The highest BCUT2D eigenvalue weighted by Crippen LogP contribution is 2.32. The van der Waals surface area contributed by atoms with E-state index in [-0.39, 0.29) is 5.91 Å². The number of nitrogens with zero attached hydrogens (tertiary/aromatic N) is 2. The molecule has 4 nitrogen and oxygen atoms in total. The van der Waals surface area contributed by atoms with E-state index < -0.39 is 0 Å². The SMILES string of the molecule is CCN(CC)C(=O)c1cc2c(o1)c1ccc(Cl)cc1n2C. The van der Waals surface area contributed by atoms with Crippen molar-refractivity contribution in [3.05, 3.63) is 35.0 Å². The third kappa shape index (κ3) is 2.10. The lowest BCUT2D eigenvalue weighted by atomic mass is 10.2. The Bertz CT molecular complexity index is 828. The summed E-state index contributed by atoms with van der Waals surface area (Å²) in [5.41, 5.74) is 2.64. The van der Waals surface area contributed by atoms with Crippen LogP contribution in [0.15, 0.2) is 28.7 Å². The van der Waals surface area contributed by atoms with Crippen molar-refractivity contribution in [3.8, 4) is 0 Å². The number of hydrogen-bond donors (Lipinski definition) is 0. The third-order valence-corrected chi connectivity index (χ3v) is 4.14. The number of benzene rings is 1. The van der Waals surface area contributed by atoms with E-state index >= 15 is 0 Å². The molecule has 0 fully saturated rings. The van der Waals surface area contributed by atoms with Gasteiger partial charge in [-0.05, 0) is 32.0 Å². The summed E-state index contributed by atoms with van der Waals surface area (Å²) < 4.78 is 7.83. The summed E-state index contributed by atoms with van der Waals surface area (Å²) >= 11 is 6.04. The summed E-state index contributed by atoms with van der Waals surface area (Å²) in [6, 6.07) is 7.47. The number of halogens is 1. The van der Waals surface area contributed by atoms with Gasteiger partial charge >= 0.3 is 0 Å². The van der Waals surface area contributed by atoms with Crippen molar-refractivity contribution in [2.24, 2.45) is 7.05 Å². The Morgan fingerprint density at radius 3 is 2.62 bits per heavy atom. The van der Waals surface area contributed by atoms with E-state index in [4.69, 9.17) is 16.0 Å². The Balaban J connectivity index is 2.17. The normalized spacial score (nSPS) is 11.4. The van der Waals surface area contributed by atoms with Crippen molar-refractivity contribution in [2.45, 2.75) is 13.8 Å². The number of rotatable bonds is 3. The van der Waals surface area contributed by atoms with Crippen LogP contribution in [0.5, 0.6) is 0 Å². The molecule has 0 aliphatic rings. The Morgan fingerprint density at radius 2 is 1.95 bits per heavy atom. The van der Waals surface area contributed by atoms with Gasteiger partial charge in [0, 0.05) is 36.6 Å². The van der Waals surface area contributed by atoms with Crippen molar-refractivity contribution >= 4 is 39.5 Å². The second-order valence-electron chi connectivity index (χ2n) is 5.02. The molecule has 5 heteroatoms. The number of amides is 1. The fraction of sp³-hybridized carbons (Fsp3) is 0.312. The molecule has 21 heavy (non-hydrogen) atoms. The van der Waals surface area contributed by atoms with Gasteiger partial charge in [-0.25, -0.2) is 0 Å². The van der Waals surface area contributed by atoms with Crippen molar-refractivity contribution in [1.82, 2.24) is 9.47 Å². The highest BCUT2D eigenvalue weighted by molar-refractivity contribution is 6.31. The van der Waals surface area contributed by atoms with E-state index in [2.05, 4.69) is 0 Å². The molecule has 0 atom stereocenters. The van der Waals surface area contributed by atoms with Crippen LogP contribution in [-0.2, 0) is 7.05 Å². The second-order valence-corrected chi connectivity index (χ2v) is 5.46. The molecule has 0 N–H and O–H groups in total. The lowest BCUT2D eigenvalue weighted by Crippen LogP contribution is -2.30. The van der Waals surface area contributed by atoms with E-state index in [1.165, 1.54) is 0 Å². The van der Waals surface area contributed by atoms with Gasteiger partial charge in [0.05, 0.1) is 11.0 Å². The van der Waals surface area contributed by atoms with Gasteiger partial charge in [-0.1, -0.05) is 11.6 Å². The van der Waals surface area contributed by atoms with Gasteiger partial charge < -0.3 is 13.9 Å². The number of furan rings is 1. The van der Waals surface area contributed by atoms with E-state index in [1.807, 2.05) is 49.7 Å². The van der Waals surface area contributed by atoms with E-state index in [1.54, 1.807) is 4.90 Å². The van der Waals surface area contributed by atoms with Gasteiger partial charge in [-0.3, -0.25) is 4.79 Å². The molecule has 2 heterocycles. The van der Waals surface area contributed by atoms with Gasteiger partial charge in [-0.15, -0.1) is 0 Å². The van der Waals surface area contributed by atoms with Gasteiger partial charge in [0.15, 0.2) is 11.3 Å². The zero-order chi connectivity index (χ0) is 15.1. The maximum absolute atomic E-state index is 12.4. The predicted octanol–water partition coefficient (Wildman–Crippen LogP) is 4.06. The van der Waals surface area contributed by atoms with Crippen LogP contribution in [0, 0.1) is 0 Å². The first-order valence-electron chi connectivity index (χ1n) is 7.03. The first-order valence-corrected chi connectivity index (χ1v) is 7.41. The van der Waals surface area contributed by atoms with Crippen LogP contribution in [0.4, 0.5) is 0 Å². The topological polar surface area (TPSA) is 38.4 Å². The second kappa shape index (κ2) is 5.11. The minimum Gasteiger partial charge on any atom is -0.449 e. The largest absolute Gasteiger partial charge is 0.449 e.